The molecule has 0 aliphatic heterocycles. The largest absolute Gasteiger partial charge is 0.497 e. The number of likely N-dealkylation sites (N-methyl/N-ethyl adjacent to an activating group) is 1. The molecule has 0 bridgehead atoms. The van der Waals surface area contributed by atoms with Crippen molar-refractivity contribution < 1.29 is 4.74 Å². The molecule has 1 unspecified atom stereocenters. The topological polar surface area (TPSA) is 50.5 Å². The predicted molar refractivity (Wildman–Crippen MR) is 70.8 cm³/mol. The SMILES string of the molecule is COc1ccc(C(NN)C(C)(C)N(C)C)cc1. The van der Waals surface area contributed by atoms with E-state index in [2.05, 4.69) is 24.2 Å². The van der Waals surface area contributed by atoms with Crippen LogP contribution in [0, 0.1) is 0 Å². The Bertz CT molecular complexity index is 346. The number of rotatable bonds is 5. The van der Waals surface area contributed by atoms with Crippen LogP contribution in [0.5, 0.6) is 5.75 Å². The van der Waals surface area contributed by atoms with E-state index in [1.54, 1.807) is 7.11 Å². The number of hydrogen-bond donors (Lipinski definition) is 2. The van der Waals surface area contributed by atoms with Crippen LogP contribution >= 0.6 is 0 Å². The van der Waals surface area contributed by atoms with Crippen molar-refractivity contribution in [3.05, 3.63) is 29.8 Å². The molecule has 1 rings (SSSR count). The molecule has 0 amide bonds. The molecule has 4 heteroatoms. The van der Waals surface area contributed by atoms with E-state index in [1.807, 2.05) is 38.4 Å². The summed E-state index contributed by atoms with van der Waals surface area (Å²) < 4.78 is 5.15. The highest BCUT2D eigenvalue weighted by molar-refractivity contribution is 5.30. The molecule has 0 fully saturated rings. The molecule has 3 N–H and O–H groups in total. The zero-order chi connectivity index (χ0) is 13.1. The summed E-state index contributed by atoms with van der Waals surface area (Å²) in [5.41, 5.74) is 3.96. The molecule has 0 radical (unpaired) electrons. The van der Waals surface area contributed by atoms with Crippen molar-refractivity contribution in [2.75, 3.05) is 21.2 Å². The van der Waals surface area contributed by atoms with Gasteiger partial charge in [-0.05, 0) is 45.6 Å². The Morgan fingerprint density at radius 1 is 1.24 bits per heavy atom. The highest BCUT2D eigenvalue weighted by Gasteiger charge is 2.31. The molecule has 1 aromatic rings. The van der Waals surface area contributed by atoms with E-state index in [-0.39, 0.29) is 11.6 Å². The Morgan fingerprint density at radius 3 is 2.12 bits per heavy atom. The molecule has 96 valence electrons. The predicted octanol–water partition coefficient (Wildman–Crippen LogP) is 1.54. The van der Waals surface area contributed by atoms with Crippen molar-refractivity contribution in [2.45, 2.75) is 25.4 Å². The molecule has 0 saturated heterocycles. The molecule has 0 aromatic heterocycles. The molecule has 0 saturated carbocycles. The van der Waals surface area contributed by atoms with Gasteiger partial charge in [0.2, 0.25) is 0 Å². The first-order valence-electron chi connectivity index (χ1n) is 5.71. The molecule has 0 aliphatic carbocycles. The molecule has 4 nitrogen and oxygen atoms in total. The van der Waals surface area contributed by atoms with E-state index in [9.17, 15) is 0 Å². The third-order valence-electron chi connectivity index (χ3n) is 3.47. The van der Waals surface area contributed by atoms with Crippen LogP contribution in [0.3, 0.4) is 0 Å². The Labute approximate surface area is 104 Å². The number of nitrogens with two attached hydrogens (primary N) is 1. The van der Waals surface area contributed by atoms with E-state index in [4.69, 9.17) is 10.6 Å². The first-order valence-corrected chi connectivity index (χ1v) is 5.71. The summed E-state index contributed by atoms with van der Waals surface area (Å²) in [6.45, 7) is 4.31. The molecule has 1 atom stereocenters. The minimum absolute atomic E-state index is 0.0587. The van der Waals surface area contributed by atoms with E-state index >= 15 is 0 Å². The van der Waals surface area contributed by atoms with Crippen molar-refractivity contribution in [3.8, 4) is 5.75 Å². The van der Waals surface area contributed by atoms with E-state index in [0.717, 1.165) is 11.3 Å². The lowest BCUT2D eigenvalue weighted by molar-refractivity contribution is 0.138. The summed E-state index contributed by atoms with van der Waals surface area (Å²) >= 11 is 0. The number of hydrazine groups is 1. The van der Waals surface area contributed by atoms with Crippen LogP contribution in [0.4, 0.5) is 0 Å². The van der Waals surface area contributed by atoms with Crippen molar-refractivity contribution in [1.29, 1.82) is 0 Å². The van der Waals surface area contributed by atoms with Crippen LogP contribution in [0.1, 0.15) is 25.5 Å². The Kier molecular flexibility index (Phi) is 4.51. The van der Waals surface area contributed by atoms with Crippen molar-refractivity contribution >= 4 is 0 Å². The molecule has 0 spiro atoms. The standard InChI is InChI=1S/C13H23N3O/c1-13(2,16(3)4)12(15-14)10-6-8-11(17-5)9-7-10/h6-9,12,15H,14H2,1-5H3. The van der Waals surface area contributed by atoms with Crippen LogP contribution in [-0.4, -0.2) is 31.6 Å². The second-order valence-corrected chi connectivity index (χ2v) is 4.92. The minimum atomic E-state index is -0.0800. The van der Waals surface area contributed by atoms with Crippen molar-refractivity contribution in [1.82, 2.24) is 10.3 Å². The Morgan fingerprint density at radius 2 is 1.76 bits per heavy atom. The quantitative estimate of drug-likeness (QED) is 0.602. The maximum absolute atomic E-state index is 5.69. The molecular weight excluding hydrogens is 214 g/mol. The number of benzene rings is 1. The van der Waals surface area contributed by atoms with Crippen molar-refractivity contribution in [3.63, 3.8) is 0 Å². The monoisotopic (exact) mass is 237 g/mol. The van der Waals surface area contributed by atoms with Gasteiger partial charge in [0.25, 0.3) is 0 Å². The molecule has 0 aliphatic rings. The highest BCUT2D eigenvalue weighted by atomic mass is 16.5. The van der Waals surface area contributed by atoms with Gasteiger partial charge >= 0.3 is 0 Å². The van der Waals surface area contributed by atoms with E-state index < -0.39 is 0 Å². The lowest BCUT2D eigenvalue weighted by Gasteiger charge is -2.40. The number of hydrogen-bond acceptors (Lipinski definition) is 4. The van der Waals surface area contributed by atoms with Crippen LogP contribution < -0.4 is 16.0 Å². The Hall–Kier alpha value is -1.10. The van der Waals surface area contributed by atoms with Gasteiger partial charge in [-0.25, -0.2) is 0 Å². The normalized spacial score (nSPS) is 13.8. The average molecular weight is 237 g/mol. The van der Waals surface area contributed by atoms with Gasteiger partial charge < -0.3 is 9.64 Å². The smallest absolute Gasteiger partial charge is 0.118 e. The molecular formula is C13H23N3O. The number of methoxy groups -OCH3 is 1. The number of nitrogens with one attached hydrogen (secondary N) is 1. The number of nitrogens with zero attached hydrogens (tertiary/aromatic N) is 1. The summed E-state index contributed by atoms with van der Waals surface area (Å²) in [4.78, 5) is 2.15. The zero-order valence-corrected chi connectivity index (χ0v) is 11.3. The molecule has 0 heterocycles. The fraction of sp³-hybridized carbons (Fsp3) is 0.538. The lowest BCUT2D eigenvalue weighted by atomic mass is 9.88. The fourth-order valence-corrected chi connectivity index (χ4v) is 1.76. The zero-order valence-electron chi connectivity index (χ0n) is 11.3. The van der Waals surface area contributed by atoms with Gasteiger partial charge in [0.15, 0.2) is 0 Å². The van der Waals surface area contributed by atoms with Gasteiger partial charge in [-0.15, -0.1) is 0 Å². The average Bonchev–Trinajstić information content (AvgIpc) is 2.30. The van der Waals surface area contributed by atoms with E-state index in [1.165, 1.54) is 0 Å². The van der Waals surface area contributed by atoms with Crippen LogP contribution in [0.2, 0.25) is 0 Å². The third-order valence-corrected chi connectivity index (χ3v) is 3.47. The van der Waals surface area contributed by atoms with Crippen LogP contribution in [-0.2, 0) is 0 Å². The summed E-state index contributed by atoms with van der Waals surface area (Å²) in [5.74, 6) is 6.55. The number of ether oxygens (including phenoxy) is 1. The second kappa shape index (κ2) is 5.49. The van der Waals surface area contributed by atoms with Gasteiger partial charge in [-0.1, -0.05) is 12.1 Å². The summed E-state index contributed by atoms with van der Waals surface area (Å²) in [6, 6.07) is 8.03. The summed E-state index contributed by atoms with van der Waals surface area (Å²) in [6.07, 6.45) is 0. The van der Waals surface area contributed by atoms with Crippen LogP contribution in [0.15, 0.2) is 24.3 Å². The molecule has 17 heavy (non-hydrogen) atoms. The maximum atomic E-state index is 5.69. The summed E-state index contributed by atoms with van der Waals surface area (Å²) in [5, 5.41) is 0. The lowest BCUT2D eigenvalue weighted by Crippen LogP contribution is -2.51. The van der Waals surface area contributed by atoms with Gasteiger partial charge in [-0.2, -0.15) is 0 Å². The molecule has 1 aromatic carbocycles. The van der Waals surface area contributed by atoms with Crippen LogP contribution in [0.25, 0.3) is 0 Å². The highest BCUT2D eigenvalue weighted by Crippen LogP contribution is 2.29. The van der Waals surface area contributed by atoms with Gasteiger partial charge in [-0.3, -0.25) is 11.3 Å². The van der Waals surface area contributed by atoms with Crippen molar-refractivity contribution in [2.24, 2.45) is 5.84 Å². The first-order chi connectivity index (χ1) is 7.93. The maximum Gasteiger partial charge on any atom is 0.118 e. The van der Waals surface area contributed by atoms with E-state index in [0.29, 0.717) is 0 Å². The first kappa shape index (κ1) is 14.0. The van der Waals surface area contributed by atoms with Gasteiger partial charge in [0.05, 0.1) is 13.2 Å². The van der Waals surface area contributed by atoms with Gasteiger partial charge in [0.1, 0.15) is 5.75 Å². The summed E-state index contributed by atoms with van der Waals surface area (Å²) in [7, 11) is 5.76. The van der Waals surface area contributed by atoms with Gasteiger partial charge in [0, 0.05) is 5.54 Å². The Balaban J connectivity index is 3.01. The minimum Gasteiger partial charge on any atom is -0.497 e. The second-order valence-electron chi connectivity index (χ2n) is 4.92. The third kappa shape index (κ3) is 2.97. The fourth-order valence-electron chi connectivity index (χ4n) is 1.76.